The highest BCUT2D eigenvalue weighted by Gasteiger charge is 2.29. The molecule has 0 saturated heterocycles. The van der Waals surface area contributed by atoms with Gasteiger partial charge >= 0.3 is 19.5 Å². The monoisotopic (exact) mass is 300 g/mol. The molecule has 1 aromatic heterocycles. The summed E-state index contributed by atoms with van der Waals surface area (Å²) in [4.78, 5) is 23.7. The van der Waals surface area contributed by atoms with Gasteiger partial charge in [0.1, 0.15) is 0 Å². The molecular weight excluding hydrogens is 283 g/mol. The van der Waals surface area contributed by atoms with Gasteiger partial charge in [0.05, 0.1) is 6.42 Å². The van der Waals surface area contributed by atoms with E-state index in [4.69, 9.17) is 10.2 Å². The van der Waals surface area contributed by atoms with Crippen LogP contribution in [0.2, 0.25) is 0 Å². The van der Waals surface area contributed by atoms with Crippen molar-refractivity contribution < 1.29 is 19.8 Å². The number of hydrogen-bond donors (Lipinski definition) is 2. The first-order valence-corrected chi connectivity index (χ1v) is 7.33. The van der Waals surface area contributed by atoms with Crippen molar-refractivity contribution in [2.75, 3.05) is 0 Å². The summed E-state index contributed by atoms with van der Waals surface area (Å²) in [5, 5.41) is 17.7. The highest BCUT2D eigenvalue weighted by Crippen LogP contribution is 2.29. The molecular formula is C15H17BN2O4. The summed E-state index contributed by atoms with van der Waals surface area (Å²) in [7, 11) is 0.639. The first-order chi connectivity index (χ1) is 10.5. The van der Waals surface area contributed by atoms with Crippen LogP contribution in [0.4, 0.5) is 0 Å². The number of rotatable bonds is 6. The maximum absolute atomic E-state index is 10.8. The summed E-state index contributed by atoms with van der Waals surface area (Å²) in [6.07, 6.45) is 7.46. The van der Waals surface area contributed by atoms with Crippen molar-refractivity contribution in [3.63, 3.8) is 0 Å². The van der Waals surface area contributed by atoms with E-state index >= 15 is 0 Å². The van der Waals surface area contributed by atoms with Crippen LogP contribution in [0, 0.1) is 0 Å². The predicted octanol–water partition coefficient (Wildman–Crippen LogP) is 1.08. The number of allylic oxidation sites excluding steroid dienone is 1. The molecule has 3 heterocycles. The fraction of sp³-hybridized carbons (Fsp3) is 0.333. The molecule has 0 aromatic carbocycles. The van der Waals surface area contributed by atoms with Gasteiger partial charge in [0.2, 0.25) is 0 Å². The number of nitrogens with zero attached hydrogens (tertiary/aromatic N) is 2. The van der Waals surface area contributed by atoms with Crippen molar-refractivity contribution in [2.24, 2.45) is 0 Å². The molecule has 0 radical (unpaired) electrons. The highest BCUT2D eigenvalue weighted by atomic mass is 16.4. The van der Waals surface area contributed by atoms with E-state index in [1.54, 1.807) is 0 Å². The molecule has 0 bridgehead atoms. The largest absolute Gasteiger partial charge is 0.481 e. The molecule has 3 rings (SSSR count). The smallest absolute Gasteiger partial charge is 0.361 e. The fourth-order valence-corrected chi connectivity index (χ4v) is 3.02. The molecule has 0 aliphatic carbocycles. The van der Waals surface area contributed by atoms with E-state index in [0.717, 1.165) is 17.1 Å². The van der Waals surface area contributed by atoms with Crippen LogP contribution in [-0.4, -0.2) is 45.0 Å². The number of carbonyl (C=O) groups is 2. The van der Waals surface area contributed by atoms with E-state index in [-0.39, 0.29) is 18.9 Å². The average molecular weight is 300 g/mol. The molecule has 2 aliphatic rings. The Morgan fingerprint density at radius 3 is 2.68 bits per heavy atom. The van der Waals surface area contributed by atoms with Gasteiger partial charge in [0.15, 0.2) is 0 Å². The van der Waals surface area contributed by atoms with Gasteiger partial charge in [-0.05, 0) is 37.1 Å². The first-order valence-electron chi connectivity index (χ1n) is 7.33. The molecule has 2 N–H and O–H groups in total. The maximum Gasteiger partial charge on any atom is 0.361 e. The van der Waals surface area contributed by atoms with Gasteiger partial charge < -0.3 is 19.5 Å². The van der Waals surface area contributed by atoms with Crippen molar-refractivity contribution in [2.45, 2.75) is 31.7 Å². The lowest BCUT2D eigenvalue weighted by molar-refractivity contribution is -0.138. The number of fused-ring (bicyclic) bond motifs is 2. The summed E-state index contributed by atoms with van der Waals surface area (Å²) in [5.41, 5.74) is 3.15. The van der Waals surface area contributed by atoms with Crippen molar-refractivity contribution in [1.82, 2.24) is 9.29 Å². The van der Waals surface area contributed by atoms with Crippen LogP contribution < -0.4 is 0 Å². The summed E-state index contributed by atoms with van der Waals surface area (Å²) >= 11 is 0. The Morgan fingerprint density at radius 1 is 1.18 bits per heavy atom. The minimum atomic E-state index is -0.801. The van der Waals surface area contributed by atoms with Crippen LogP contribution in [0.25, 0.3) is 6.08 Å². The second-order valence-electron chi connectivity index (χ2n) is 5.61. The Labute approximate surface area is 128 Å². The molecule has 7 heteroatoms. The number of carboxylic acid groups (broad SMARTS) is 2. The van der Waals surface area contributed by atoms with Gasteiger partial charge in [-0.3, -0.25) is 9.59 Å². The van der Waals surface area contributed by atoms with Crippen LogP contribution in [0.5, 0.6) is 0 Å². The zero-order valence-electron chi connectivity index (χ0n) is 12.1. The number of aliphatic carboxylic acids is 2. The second-order valence-corrected chi connectivity index (χ2v) is 5.61. The van der Waals surface area contributed by atoms with E-state index in [1.807, 2.05) is 24.3 Å². The lowest BCUT2D eigenvalue weighted by atomic mass is 9.97. The highest BCUT2D eigenvalue weighted by molar-refractivity contribution is 6.33. The zero-order chi connectivity index (χ0) is 15.7. The quantitative estimate of drug-likeness (QED) is 0.768. The van der Waals surface area contributed by atoms with Gasteiger partial charge in [0, 0.05) is 29.5 Å². The van der Waals surface area contributed by atoms with E-state index < -0.39 is 11.9 Å². The fourth-order valence-electron chi connectivity index (χ4n) is 3.02. The predicted molar refractivity (Wildman–Crippen MR) is 82.5 cm³/mol. The molecule has 1 unspecified atom stereocenters. The minimum absolute atomic E-state index is 0.0882. The summed E-state index contributed by atoms with van der Waals surface area (Å²) in [6.45, 7) is 0. The normalized spacial score (nSPS) is 18.5. The molecule has 0 amide bonds. The molecule has 2 aliphatic heterocycles. The molecule has 22 heavy (non-hydrogen) atoms. The zero-order valence-corrected chi connectivity index (χ0v) is 12.1. The Morgan fingerprint density at radius 2 is 1.95 bits per heavy atom. The Kier molecular flexibility index (Phi) is 3.79. The number of hydrogen-bond acceptors (Lipinski definition) is 3. The third kappa shape index (κ3) is 2.79. The van der Waals surface area contributed by atoms with Crippen LogP contribution in [0.3, 0.4) is 0 Å². The van der Waals surface area contributed by atoms with Gasteiger partial charge in [0.25, 0.3) is 0 Å². The van der Waals surface area contributed by atoms with Crippen molar-refractivity contribution in [1.29, 1.82) is 0 Å². The van der Waals surface area contributed by atoms with Crippen molar-refractivity contribution >= 4 is 25.6 Å². The molecule has 1 aromatic rings. The lowest BCUT2D eigenvalue weighted by Gasteiger charge is -2.32. The summed E-state index contributed by atoms with van der Waals surface area (Å²) in [5.74, 6) is -1.59. The Balaban J connectivity index is 1.76. The van der Waals surface area contributed by atoms with E-state index in [2.05, 4.69) is 15.4 Å². The van der Waals surface area contributed by atoms with Gasteiger partial charge in [-0.15, -0.1) is 0 Å². The Hall–Kier alpha value is -2.44. The third-order valence-electron chi connectivity index (χ3n) is 4.16. The molecule has 6 nitrogen and oxygen atoms in total. The number of carboxylic acids is 2. The molecule has 0 fully saturated rings. The SMILES string of the molecule is O=C(O)CCc1ccc2n1BN1C(=C2)C=CC1CCC(=O)O. The Bertz CT molecular complexity index is 677. The number of aryl methyl sites for hydroxylation is 1. The maximum atomic E-state index is 10.8. The van der Waals surface area contributed by atoms with Crippen LogP contribution >= 0.6 is 0 Å². The van der Waals surface area contributed by atoms with E-state index in [0.29, 0.717) is 20.4 Å². The average Bonchev–Trinajstić information content (AvgIpc) is 3.04. The van der Waals surface area contributed by atoms with Crippen LogP contribution in [0.1, 0.15) is 30.7 Å². The molecule has 0 spiro atoms. The molecule has 0 saturated carbocycles. The van der Waals surface area contributed by atoms with E-state index in [9.17, 15) is 9.59 Å². The minimum Gasteiger partial charge on any atom is -0.481 e. The second kappa shape index (κ2) is 5.75. The first kappa shape index (κ1) is 14.5. The molecule has 114 valence electrons. The van der Waals surface area contributed by atoms with Crippen LogP contribution in [0.15, 0.2) is 30.0 Å². The van der Waals surface area contributed by atoms with Gasteiger partial charge in [-0.2, -0.15) is 0 Å². The summed E-state index contributed by atoms with van der Waals surface area (Å²) < 4.78 is 2.10. The molecule has 1 atom stereocenters. The van der Waals surface area contributed by atoms with Gasteiger partial charge in [-0.1, -0.05) is 6.08 Å². The van der Waals surface area contributed by atoms with Gasteiger partial charge in [-0.25, -0.2) is 0 Å². The van der Waals surface area contributed by atoms with Crippen molar-refractivity contribution in [3.05, 3.63) is 41.4 Å². The summed E-state index contributed by atoms with van der Waals surface area (Å²) in [6, 6.07) is 4.05. The lowest BCUT2D eigenvalue weighted by Crippen LogP contribution is -2.39. The topological polar surface area (TPSA) is 82.8 Å². The standard InChI is InChI=1S/C15H17BN2O4/c19-14(20)7-5-10-1-3-12-9-13-4-2-11(6-8-15(21)22)18(13)16-17(10)12/h1-4,9-10,16H,5-8H2,(H,19,20)(H,21,22). The number of aromatic nitrogens is 1. The van der Waals surface area contributed by atoms with E-state index in [1.165, 1.54) is 0 Å². The van der Waals surface area contributed by atoms with Crippen LogP contribution in [-0.2, 0) is 16.0 Å². The van der Waals surface area contributed by atoms with Crippen molar-refractivity contribution in [3.8, 4) is 0 Å². The third-order valence-corrected chi connectivity index (χ3v) is 4.16.